The molecule has 2 aliphatic heterocycles. The van der Waals surface area contributed by atoms with Crippen LogP contribution in [0.2, 0.25) is 13.1 Å². The fraction of sp³-hybridized carbons (Fsp3) is 0.882. The van der Waals surface area contributed by atoms with Crippen LogP contribution in [0.4, 0.5) is 0 Å². The van der Waals surface area contributed by atoms with Gasteiger partial charge in [-0.2, -0.15) is 0 Å². The molecular formula is C17H32BN3O4. The van der Waals surface area contributed by atoms with Gasteiger partial charge in [-0.15, -0.1) is 0 Å². The molecule has 0 aromatic heterocycles. The standard InChI is InChI=1S/C17H32BN3O4/c1-15(2,3)12(19)13(22)21-10-16(6-5-8-18(4)25)7-9-20-17(16,11-21)14(23)24/h12,20,25H,5-11,19H2,1-4H3,(H,23,24)/t12-,16-,17-/m1/s1. The first kappa shape index (κ1) is 20.2. The Morgan fingerprint density at radius 3 is 2.52 bits per heavy atom. The molecule has 2 saturated heterocycles. The van der Waals surface area contributed by atoms with E-state index in [0.29, 0.717) is 32.3 Å². The summed E-state index contributed by atoms with van der Waals surface area (Å²) in [6.07, 6.45) is 2.76. The summed E-state index contributed by atoms with van der Waals surface area (Å²) in [6, 6.07) is -0.660. The number of carboxylic acids is 1. The van der Waals surface area contributed by atoms with Gasteiger partial charge in [0.2, 0.25) is 5.91 Å². The molecule has 0 unspecified atom stereocenters. The van der Waals surface area contributed by atoms with E-state index in [-0.39, 0.29) is 17.9 Å². The Kier molecular flexibility index (Phi) is 5.57. The molecule has 0 bridgehead atoms. The lowest BCUT2D eigenvalue weighted by atomic mass is 9.63. The van der Waals surface area contributed by atoms with E-state index in [9.17, 15) is 19.7 Å². The zero-order chi connectivity index (χ0) is 19.0. The fourth-order valence-corrected chi connectivity index (χ4v) is 4.31. The van der Waals surface area contributed by atoms with Crippen molar-refractivity contribution in [3.8, 4) is 0 Å². The highest BCUT2D eigenvalue weighted by Crippen LogP contribution is 2.50. The second kappa shape index (κ2) is 6.89. The summed E-state index contributed by atoms with van der Waals surface area (Å²) in [5.74, 6) is -1.08. The molecule has 2 rings (SSSR count). The number of rotatable bonds is 6. The van der Waals surface area contributed by atoms with Crippen LogP contribution in [0.3, 0.4) is 0 Å². The average Bonchev–Trinajstić information content (AvgIpc) is 2.97. The number of carbonyl (C=O) groups excluding carboxylic acids is 1. The number of hydrogen-bond acceptors (Lipinski definition) is 5. The monoisotopic (exact) mass is 353 g/mol. The number of nitrogens with zero attached hydrogens (tertiary/aromatic N) is 1. The Balaban J connectivity index is 2.24. The molecule has 0 saturated carbocycles. The molecule has 1 amide bonds. The predicted octanol–water partition coefficient (Wildman–Crippen LogP) is 0.399. The van der Waals surface area contributed by atoms with E-state index in [2.05, 4.69) is 5.32 Å². The molecule has 25 heavy (non-hydrogen) atoms. The van der Waals surface area contributed by atoms with E-state index in [1.807, 2.05) is 20.8 Å². The van der Waals surface area contributed by atoms with Crippen LogP contribution in [0.5, 0.6) is 0 Å². The summed E-state index contributed by atoms with van der Waals surface area (Å²) in [5.41, 5.74) is 4.15. The van der Waals surface area contributed by atoms with Crippen LogP contribution in [-0.4, -0.2) is 65.0 Å². The fourth-order valence-electron chi connectivity index (χ4n) is 4.31. The van der Waals surface area contributed by atoms with Crippen molar-refractivity contribution in [3.05, 3.63) is 0 Å². The van der Waals surface area contributed by atoms with Crippen molar-refractivity contribution >= 4 is 18.8 Å². The normalized spacial score (nSPS) is 30.2. The van der Waals surface area contributed by atoms with E-state index in [0.717, 1.165) is 6.42 Å². The number of carbonyl (C=O) groups is 2. The number of amides is 1. The van der Waals surface area contributed by atoms with Gasteiger partial charge in [-0.3, -0.25) is 14.9 Å². The molecule has 0 aliphatic carbocycles. The maximum atomic E-state index is 12.9. The molecule has 7 nitrogen and oxygen atoms in total. The third-order valence-electron chi connectivity index (χ3n) is 6.01. The quantitative estimate of drug-likeness (QED) is 0.514. The minimum atomic E-state index is -1.11. The van der Waals surface area contributed by atoms with Crippen molar-refractivity contribution in [2.45, 2.75) is 64.8 Å². The van der Waals surface area contributed by atoms with Crippen molar-refractivity contribution in [2.24, 2.45) is 16.6 Å². The summed E-state index contributed by atoms with van der Waals surface area (Å²) in [7, 11) is 0. The molecule has 0 spiro atoms. The van der Waals surface area contributed by atoms with Gasteiger partial charge < -0.3 is 20.8 Å². The molecule has 5 N–H and O–H groups in total. The molecule has 2 aliphatic rings. The van der Waals surface area contributed by atoms with E-state index in [1.54, 1.807) is 11.7 Å². The number of nitrogens with one attached hydrogen (secondary N) is 1. The molecule has 2 heterocycles. The topological polar surface area (TPSA) is 116 Å². The predicted molar refractivity (Wildman–Crippen MR) is 97.3 cm³/mol. The van der Waals surface area contributed by atoms with E-state index in [4.69, 9.17) is 5.73 Å². The van der Waals surface area contributed by atoms with Crippen LogP contribution >= 0.6 is 0 Å². The van der Waals surface area contributed by atoms with Gasteiger partial charge in [-0.25, -0.2) is 0 Å². The van der Waals surface area contributed by atoms with Crippen molar-refractivity contribution in [1.29, 1.82) is 0 Å². The van der Waals surface area contributed by atoms with Gasteiger partial charge >= 0.3 is 5.97 Å². The summed E-state index contributed by atoms with van der Waals surface area (Å²) >= 11 is 0. The highest BCUT2D eigenvalue weighted by molar-refractivity contribution is 6.48. The van der Waals surface area contributed by atoms with Crippen molar-refractivity contribution in [1.82, 2.24) is 10.2 Å². The minimum absolute atomic E-state index is 0.152. The van der Waals surface area contributed by atoms with Gasteiger partial charge in [0, 0.05) is 12.0 Å². The van der Waals surface area contributed by atoms with E-state index in [1.165, 1.54) is 0 Å². The summed E-state index contributed by atoms with van der Waals surface area (Å²) in [6.45, 7) is 8.27. The maximum absolute atomic E-state index is 12.9. The Labute approximate surface area is 150 Å². The third-order valence-corrected chi connectivity index (χ3v) is 6.01. The van der Waals surface area contributed by atoms with Crippen LogP contribution < -0.4 is 11.1 Å². The SMILES string of the molecule is CB(O)CCC[C@]12CCN[C@@]1(C(=O)O)CN(C(=O)[C@@H](N)C(C)(C)C)C2. The van der Waals surface area contributed by atoms with Gasteiger partial charge in [-0.1, -0.05) is 34.0 Å². The van der Waals surface area contributed by atoms with Crippen molar-refractivity contribution in [3.63, 3.8) is 0 Å². The number of hydrogen-bond donors (Lipinski definition) is 4. The molecule has 0 radical (unpaired) electrons. The van der Waals surface area contributed by atoms with Crippen LogP contribution in [0, 0.1) is 10.8 Å². The number of nitrogens with two attached hydrogens (primary N) is 1. The number of carboxylic acid groups (broad SMARTS) is 1. The van der Waals surface area contributed by atoms with E-state index >= 15 is 0 Å². The lowest BCUT2D eigenvalue weighted by Crippen LogP contribution is -2.58. The Bertz CT molecular complexity index is 536. The zero-order valence-electron chi connectivity index (χ0n) is 15.8. The number of likely N-dealkylation sites (tertiary alicyclic amines) is 1. The summed E-state index contributed by atoms with van der Waals surface area (Å²) < 4.78 is 0. The van der Waals surface area contributed by atoms with Crippen LogP contribution in [-0.2, 0) is 9.59 Å². The van der Waals surface area contributed by atoms with Gasteiger partial charge in [0.15, 0.2) is 0 Å². The summed E-state index contributed by atoms with van der Waals surface area (Å²) in [5, 5.41) is 22.7. The molecule has 142 valence electrons. The third kappa shape index (κ3) is 3.57. The van der Waals surface area contributed by atoms with Crippen molar-refractivity contribution < 1.29 is 19.7 Å². The first-order chi connectivity index (χ1) is 11.5. The Morgan fingerprint density at radius 2 is 2.00 bits per heavy atom. The Morgan fingerprint density at radius 1 is 1.36 bits per heavy atom. The van der Waals surface area contributed by atoms with Gasteiger partial charge in [0.1, 0.15) is 5.54 Å². The first-order valence-electron chi connectivity index (χ1n) is 9.16. The van der Waals surface area contributed by atoms with Crippen molar-refractivity contribution in [2.75, 3.05) is 19.6 Å². The van der Waals surface area contributed by atoms with E-state index < -0.39 is 29.9 Å². The highest BCUT2D eigenvalue weighted by atomic mass is 16.4. The van der Waals surface area contributed by atoms with Gasteiger partial charge in [-0.05, 0) is 31.1 Å². The highest BCUT2D eigenvalue weighted by Gasteiger charge is 2.65. The number of fused-ring (bicyclic) bond motifs is 1. The molecular weight excluding hydrogens is 321 g/mol. The zero-order valence-corrected chi connectivity index (χ0v) is 15.8. The average molecular weight is 353 g/mol. The van der Waals surface area contributed by atoms with Crippen LogP contribution in [0.15, 0.2) is 0 Å². The minimum Gasteiger partial charge on any atom is -0.480 e. The lowest BCUT2D eigenvalue weighted by Gasteiger charge is -2.35. The molecule has 0 aromatic carbocycles. The Hall–Kier alpha value is -1.12. The largest absolute Gasteiger partial charge is 0.480 e. The molecule has 8 heteroatoms. The summed E-state index contributed by atoms with van der Waals surface area (Å²) in [4.78, 5) is 26.7. The van der Waals surface area contributed by atoms with Crippen LogP contribution in [0.25, 0.3) is 0 Å². The lowest BCUT2D eigenvalue weighted by molar-refractivity contribution is -0.147. The molecule has 0 aromatic rings. The molecule has 3 atom stereocenters. The van der Waals surface area contributed by atoms with Gasteiger partial charge in [0.25, 0.3) is 6.92 Å². The van der Waals surface area contributed by atoms with Crippen LogP contribution in [0.1, 0.15) is 40.0 Å². The second-order valence-electron chi connectivity index (χ2n) is 8.95. The smallest absolute Gasteiger partial charge is 0.326 e. The number of aliphatic carboxylic acids is 1. The van der Waals surface area contributed by atoms with Gasteiger partial charge in [0.05, 0.1) is 12.6 Å². The first-order valence-corrected chi connectivity index (χ1v) is 9.16. The maximum Gasteiger partial charge on any atom is 0.326 e. The second-order valence-corrected chi connectivity index (χ2v) is 8.95. The molecule has 2 fully saturated rings.